The van der Waals surface area contributed by atoms with Crippen molar-refractivity contribution in [3.63, 3.8) is 0 Å². The number of halogens is 3. The summed E-state index contributed by atoms with van der Waals surface area (Å²) in [6, 6.07) is 9.82. The van der Waals surface area contributed by atoms with E-state index in [9.17, 15) is 24.3 Å². The average Bonchev–Trinajstić information content (AvgIpc) is 3.33. The largest absolute Gasteiger partial charge is 0.480 e. The summed E-state index contributed by atoms with van der Waals surface area (Å²) in [7, 11) is 0. The Morgan fingerprint density at radius 2 is 1.85 bits per heavy atom. The van der Waals surface area contributed by atoms with Gasteiger partial charge in [0, 0.05) is 23.0 Å². The third kappa shape index (κ3) is 8.14. The predicted molar refractivity (Wildman–Crippen MR) is 143 cm³/mol. The number of amides is 3. The second-order valence-electron chi connectivity index (χ2n) is 9.58. The van der Waals surface area contributed by atoms with Crippen molar-refractivity contribution in [2.75, 3.05) is 6.54 Å². The standard InChI is InChI=1S/C28H32ClF2N3O6/c1-2-3-12-21(25(36)33-22(26(37)38)15-18-13-14-32-24(18)35)34-27(39)40-23(17-8-5-4-6-9-17)28(30,31)19-10-7-11-20(29)16-19/h4-11,16,18,21-23H,2-3,12-15H2,1H3,(H,32,35)(H,33,36)(H,34,39)(H,37,38)/t18-,21-,22-,23?/m0/s1. The minimum Gasteiger partial charge on any atom is -0.480 e. The number of carbonyl (C=O) groups is 4. The fourth-order valence-electron chi connectivity index (χ4n) is 4.43. The summed E-state index contributed by atoms with van der Waals surface area (Å²) in [6.07, 6.45) is -1.81. The quantitative estimate of drug-likeness (QED) is 0.275. The highest BCUT2D eigenvalue weighted by Crippen LogP contribution is 2.43. The number of hydrogen-bond donors (Lipinski definition) is 4. The molecule has 12 heteroatoms. The zero-order valence-corrected chi connectivity index (χ0v) is 22.6. The van der Waals surface area contributed by atoms with Crippen LogP contribution in [0.15, 0.2) is 54.6 Å². The Morgan fingerprint density at radius 1 is 1.12 bits per heavy atom. The molecular weight excluding hydrogens is 548 g/mol. The fourth-order valence-corrected chi connectivity index (χ4v) is 4.63. The predicted octanol–water partition coefficient (Wildman–Crippen LogP) is 4.55. The molecule has 216 valence electrons. The van der Waals surface area contributed by atoms with Crippen LogP contribution in [-0.2, 0) is 25.0 Å². The first-order chi connectivity index (χ1) is 19.0. The van der Waals surface area contributed by atoms with Gasteiger partial charge in [0.1, 0.15) is 12.1 Å². The van der Waals surface area contributed by atoms with Gasteiger partial charge >= 0.3 is 18.0 Å². The molecule has 0 aliphatic carbocycles. The molecule has 0 spiro atoms. The molecule has 0 bridgehead atoms. The lowest BCUT2D eigenvalue weighted by molar-refractivity contribution is -0.143. The number of hydrogen-bond acceptors (Lipinski definition) is 5. The average molecular weight is 580 g/mol. The van der Waals surface area contributed by atoms with Gasteiger partial charge in [0.25, 0.3) is 0 Å². The van der Waals surface area contributed by atoms with Gasteiger partial charge in [0.2, 0.25) is 11.8 Å². The number of aliphatic carboxylic acids is 1. The van der Waals surface area contributed by atoms with Crippen molar-refractivity contribution < 1.29 is 37.8 Å². The van der Waals surface area contributed by atoms with Crippen LogP contribution in [-0.4, -0.2) is 47.6 Å². The van der Waals surface area contributed by atoms with Gasteiger partial charge in [-0.1, -0.05) is 73.8 Å². The number of carboxylic acid groups (broad SMARTS) is 1. The van der Waals surface area contributed by atoms with Crippen molar-refractivity contribution in [3.8, 4) is 0 Å². The first-order valence-electron chi connectivity index (χ1n) is 13.0. The minimum atomic E-state index is -3.69. The molecule has 9 nitrogen and oxygen atoms in total. The summed E-state index contributed by atoms with van der Waals surface area (Å²) in [5, 5.41) is 17.0. The molecule has 1 saturated heterocycles. The number of alkyl halides is 2. The maximum Gasteiger partial charge on any atom is 0.408 e. The lowest BCUT2D eigenvalue weighted by Crippen LogP contribution is -2.52. The molecule has 1 heterocycles. The lowest BCUT2D eigenvalue weighted by Gasteiger charge is -2.29. The van der Waals surface area contributed by atoms with E-state index >= 15 is 8.78 Å². The van der Waals surface area contributed by atoms with Crippen molar-refractivity contribution in [2.45, 2.75) is 63.1 Å². The number of carbonyl (C=O) groups excluding carboxylic acids is 3. The Hall–Kier alpha value is -3.73. The molecule has 1 aliphatic rings. The Kier molecular flexibility index (Phi) is 10.8. The summed E-state index contributed by atoms with van der Waals surface area (Å²) in [5.74, 6) is -6.73. The molecule has 0 aromatic heterocycles. The van der Waals surface area contributed by atoms with Gasteiger partial charge in [-0.25, -0.2) is 9.59 Å². The van der Waals surface area contributed by atoms with Crippen LogP contribution >= 0.6 is 11.6 Å². The SMILES string of the molecule is CCCC[C@H](NC(=O)OC(c1ccccc1)C(F)(F)c1cccc(Cl)c1)C(=O)N[C@@H](C[C@@H]1CCNC1=O)C(=O)O. The van der Waals surface area contributed by atoms with Crippen molar-refractivity contribution in [1.29, 1.82) is 0 Å². The molecule has 3 rings (SSSR count). The smallest absolute Gasteiger partial charge is 0.408 e. The van der Waals surface area contributed by atoms with Crippen LogP contribution in [0.25, 0.3) is 0 Å². The summed E-state index contributed by atoms with van der Waals surface area (Å²) in [5.41, 5.74) is -0.458. The Balaban J connectivity index is 1.78. The molecule has 4 N–H and O–H groups in total. The van der Waals surface area contributed by atoms with Gasteiger partial charge in [-0.15, -0.1) is 0 Å². The van der Waals surface area contributed by atoms with E-state index in [1.165, 1.54) is 36.4 Å². The molecule has 1 fully saturated rings. The third-order valence-electron chi connectivity index (χ3n) is 6.62. The number of alkyl carbamates (subject to hydrolysis) is 1. The van der Waals surface area contributed by atoms with E-state index in [0.29, 0.717) is 25.8 Å². The van der Waals surface area contributed by atoms with Gasteiger partial charge in [0.05, 0.1) is 0 Å². The van der Waals surface area contributed by atoms with Crippen LogP contribution in [0, 0.1) is 5.92 Å². The van der Waals surface area contributed by atoms with E-state index < -0.39 is 53.6 Å². The van der Waals surface area contributed by atoms with E-state index in [-0.39, 0.29) is 29.3 Å². The molecule has 2 aromatic rings. The van der Waals surface area contributed by atoms with E-state index in [2.05, 4.69) is 16.0 Å². The van der Waals surface area contributed by atoms with E-state index in [0.717, 1.165) is 12.1 Å². The molecule has 0 saturated carbocycles. The van der Waals surface area contributed by atoms with Gasteiger partial charge in [0.15, 0.2) is 6.10 Å². The van der Waals surface area contributed by atoms with E-state index in [4.69, 9.17) is 16.3 Å². The van der Waals surface area contributed by atoms with Crippen LogP contribution in [0.5, 0.6) is 0 Å². The van der Waals surface area contributed by atoms with Gasteiger partial charge in [-0.3, -0.25) is 9.59 Å². The van der Waals surface area contributed by atoms with E-state index in [1.54, 1.807) is 6.07 Å². The summed E-state index contributed by atoms with van der Waals surface area (Å²) in [4.78, 5) is 49.7. The number of rotatable bonds is 13. The highest BCUT2D eigenvalue weighted by atomic mass is 35.5. The Labute approximate surface area is 235 Å². The molecule has 4 atom stereocenters. The molecule has 40 heavy (non-hydrogen) atoms. The van der Waals surface area contributed by atoms with Crippen LogP contribution < -0.4 is 16.0 Å². The van der Waals surface area contributed by atoms with Crippen LogP contribution in [0.4, 0.5) is 13.6 Å². The van der Waals surface area contributed by atoms with Crippen molar-refractivity contribution in [3.05, 3.63) is 70.7 Å². The fraction of sp³-hybridized carbons (Fsp3) is 0.429. The number of carboxylic acids is 1. The summed E-state index contributed by atoms with van der Waals surface area (Å²) >= 11 is 5.92. The number of unbranched alkanes of at least 4 members (excludes halogenated alkanes) is 1. The van der Waals surface area contributed by atoms with Gasteiger partial charge < -0.3 is 25.8 Å². The maximum atomic E-state index is 15.7. The highest BCUT2D eigenvalue weighted by molar-refractivity contribution is 6.30. The molecule has 3 amide bonds. The van der Waals surface area contributed by atoms with Crippen molar-refractivity contribution in [2.24, 2.45) is 5.92 Å². The molecular formula is C28H32ClF2N3O6. The van der Waals surface area contributed by atoms with Gasteiger partial charge in [-0.05, 0) is 37.0 Å². The number of ether oxygens (including phenoxy) is 1. The second-order valence-corrected chi connectivity index (χ2v) is 10.0. The topological polar surface area (TPSA) is 134 Å². The van der Waals surface area contributed by atoms with Gasteiger partial charge in [-0.2, -0.15) is 8.78 Å². The van der Waals surface area contributed by atoms with Crippen LogP contribution in [0.3, 0.4) is 0 Å². The molecule has 0 radical (unpaired) electrons. The van der Waals surface area contributed by atoms with E-state index in [1.807, 2.05) is 6.92 Å². The zero-order chi connectivity index (χ0) is 29.3. The number of nitrogens with one attached hydrogen (secondary N) is 3. The first-order valence-corrected chi connectivity index (χ1v) is 13.4. The highest BCUT2D eigenvalue weighted by Gasteiger charge is 2.46. The second kappa shape index (κ2) is 14.1. The third-order valence-corrected chi connectivity index (χ3v) is 6.85. The minimum absolute atomic E-state index is 0.0120. The molecule has 1 aliphatic heterocycles. The zero-order valence-electron chi connectivity index (χ0n) is 21.9. The lowest BCUT2D eigenvalue weighted by atomic mass is 9.97. The summed E-state index contributed by atoms with van der Waals surface area (Å²) < 4.78 is 36.6. The number of benzene rings is 2. The molecule has 2 aromatic carbocycles. The first kappa shape index (κ1) is 30.8. The van der Waals surface area contributed by atoms with Crippen LogP contribution in [0.1, 0.15) is 56.3 Å². The van der Waals surface area contributed by atoms with Crippen molar-refractivity contribution in [1.82, 2.24) is 16.0 Å². The normalized spacial score (nSPS) is 17.3. The summed E-state index contributed by atoms with van der Waals surface area (Å²) in [6.45, 7) is 2.27. The molecule has 1 unspecified atom stereocenters. The monoisotopic (exact) mass is 579 g/mol. The van der Waals surface area contributed by atoms with Crippen LogP contribution in [0.2, 0.25) is 5.02 Å². The Bertz CT molecular complexity index is 1200. The Morgan fingerprint density at radius 3 is 2.45 bits per heavy atom. The maximum absolute atomic E-state index is 15.7. The van der Waals surface area contributed by atoms with Crippen molar-refractivity contribution >= 4 is 35.5 Å².